The molecule has 1 rings (SSSR count). The fourth-order valence-corrected chi connectivity index (χ4v) is 1.53. The fraction of sp³-hybridized carbons (Fsp3) is 0.750. The summed E-state index contributed by atoms with van der Waals surface area (Å²) in [5, 5.41) is 9.81. The van der Waals surface area contributed by atoms with Gasteiger partial charge in [0.2, 0.25) is 5.50 Å². The number of azo groups is 1. The lowest BCUT2D eigenvalue weighted by atomic mass is 10.2. The highest BCUT2D eigenvalue weighted by Crippen LogP contribution is 2.21. The summed E-state index contributed by atoms with van der Waals surface area (Å²) in [5.41, 5.74) is 0.931. The minimum atomic E-state index is -0.0506. The first-order valence-electron chi connectivity index (χ1n) is 4.45. The number of hydrogen-bond acceptors (Lipinski definition) is 5. The molecule has 0 saturated carbocycles. The maximum Gasteiger partial charge on any atom is 0.202 e. The van der Waals surface area contributed by atoms with Gasteiger partial charge in [-0.1, -0.05) is 13.3 Å². The number of nitrogens with zero attached hydrogens (tertiary/aromatic N) is 3. The second-order valence-corrected chi connectivity index (χ2v) is 3.84. The van der Waals surface area contributed by atoms with Crippen molar-refractivity contribution in [1.82, 2.24) is 5.01 Å². The number of allylic oxidation sites excluding steroid dienone is 1. The van der Waals surface area contributed by atoms with Crippen molar-refractivity contribution in [3.8, 4) is 0 Å². The second kappa shape index (κ2) is 5.24. The first-order valence-corrected chi connectivity index (χ1v) is 5.74. The Morgan fingerprint density at radius 2 is 2.46 bits per heavy atom. The number of hydrogen-bond donors (Lipinski definition) is 1. The summed E-state index contributed by atoms with van der Waals surface area (Å²) in [6, 6.07) is 0. The van der Waals surface area contributed by atoms with E-state index in [1.54, 1.807) is 16.8 Å². The van der Waals surface area contributed by atoms with Crippen LogP contribution < -0.4 is 5.84 Å². The van der Waals surface area contributed by atoms with Crippen LogP contribution in [-0.4, -0.2) is 16.8 Å². The molecule has 5 heteroatoms. The minimum Gasteiger partial charge on any atom is -0.281 e. The largest absolute Gasteiger partial charge is 0.281 e. The van der Waals surface area contributed by atoms with Crippen molar-refractivity contribution in [1.29, 1.82) is 0 Å². The van der Waals surface area contributed by atoms with E-state index in [2.05, 4.69) is 17.2 Å². The van der Waals surface area contributed by atoms with Crippen LogP contribution in [0.2, 0.25) is 0 Å². The molecule has 1 aliphatic heterocycles. The molecule has 13 heavy (non-hydrogen) atoms. The zero-order valence-corrected chi connectivity index (χ0v) is 8.92. The van der Waals surface area contributed by atoms with Gasteiger partial charge in [-0.2, -0.15) is 10.2 Å². The van der Waals surface area contributed by atoms with Crippen LogP contribution in [0.25, 0.3) is 0 Å². The monoisotopic (exact) mass is 200 g/mol. The first kappa shape index (κ1) is 10.5. The third-order valence-electron chi connectivity index (χ3n) is 1.84. The van der Waals surface area contributed by atoms with E-state index in [0.717, 1.165) is 18.5 Å². The summed E-state index contributed by atoms with van der Waals surface area (Å²) in [6.45, 7) is 2.16. The predicted octanol–water partition coefficient (Wildman–Crippen LogP) is 2.31. The van der Waals surface area contributed by atoms with Crippen LogP contribution in [0.15, 0.2) is 22.1 Å². The molecule has 0 aromatic heterocycles. The zero-order valence-electron chi connectivity index (χ0n) is 8.10. The molecule has 1 aliphatic rings. The van der Waals surface area contributed by atoms with Crippen LogP contribution in [-0.2, 0) is 0 Å². The van der Waals surface area contributed by atoms with Gasteiger partial charge in [0.15, 0.2) is 0 Å². The molecule has 0 fully saturated rings. The summed E-state index contributed by atoms with van der Waals surface area (Å²) >= 11 is 1.58. The van der Waals surface area contributed by atoms with Crippen molar-refractivity contribution in [2.45, 2.75) is 31.7 Å². The Bertz CT molecular complexity index is 214. The molecule has 0 aromatic carbocycles. The van der Waals surface area contributed by atoms with Crippen LogP contribution in [0.4, 0.5) is 0 Å². The number of rotatable bonds is 4. The molecule has 1 atom stereocenters. The molecule has 0 radical (unpaired) electrons. The Morgan fingerprint density at radius 3 is 3.00 bits per heavy atom. The maximum absolute atomic E-state index is 5.73. The second-order valence-electron chi connectivity index (χ2n) is 2.95. The van der Waals surface area contributed by atoms with Gasteiger partial charge < -0.3 is 0 Å². The van der Waals surface area contributed by atoms with Crippen LogP contribution >= 0.6 is 11.8 Å². The van der Waals surface area contributed by atoms with Gasteiger partial charge >= 0.3 is 0 Å². The molecule has 4 nitrogen and oxygen atoms in total. The molecule has 0 bridgehead atoms. The summed E-state index contributed by atoms with van der Waals surface area (Å²) in [5.74, 6) is 5.73. The van der Waals surface area contributed by atoms with Gasteiger partial charge in [-0.05, 0) is 19.1 Å². The molecule has 0 amide bonds. The van der Waals surface area contributed by atoms with Gasteiger partial charge in [0.25, 0.3) is 0 Å². The Labute approximate surface area is 83.2 Å². The summed E-state index contributed by atoms with van der Waals surface area (Å²) in [4.78, 5) is 0. The first-order chi connectivity index (χ1) is 6.27. The summed E-state index contributed by atoms with van der Waals surface area (Å²) in [6.07, 6.45) is 7.12. The van der Waals surface area contributed by atoms with E-state index in [0.29, 0.717) is 0 Å². The average molecular weight is 200 g/mol. The molecular weight excluding hydrogens is 184 g/mol. The van der Waals surface area contributed by atoms with Crippen molar-refractivity contribution in [2.75, 3.05) is 6.26 Å². The van der Waals surface area contributed by atoms with Gasteiger partial charge in [0.05, 0.1) is 5.70 Å². The van der Waals surface area contributed by atoms with E-state index < -0.39 is 0 Å². The topological polar surface area (TPSA) is 54.0 Å². The molecule has 0 saturated heterocycles. The van der Waals surface area contributed by atoms with E-state index in [-0.39, 0.29) is 5.50 Å². The van der Waals surface area contributed by atoms with E-state index in [1.165, 1.54) is 6.42 Å². The fourth-order valence-electron chi connectivity index (χ4n) is 1.09. The third-order valence-corrected chi connectivity index (χ3v) is 2.59. The summed E-state index contributed by atoms with van der Waals surface area (Å²) < 4.78 is 0. The maximum atomic E-state index is 5.73. The van der Waals surface area contributed by atoms with Gasteiger partial charge in [0.1, 0.15) is 0 Å². The number of nitrogens with two attached hydrogens (primary N) is 1. The highest BCUT2D eigenvalue weighted by molar-refractivity contribution is 7.99. The Morgan fingerprint density at radius 1 is 1.69 bits per heavy atom. The lowest BCUT2D eigenvalue weighted by molar-refractivity contribution is 0.349. The SMILES string of the molecule is CCCCC1=CN(N)C(SC)N=N1. The van der Waals surface area contributed by atoms with Crippen molar-refractivity contribution in [3.63, 3.8) is 0 Å². The van der Waals surface area contributed by atoms with E-state index in [4.69, 9.17) is 5.84 Å². The molecule has 0 spiro atoms. The van der Waals surface area contributed by atoms with Gasteiger partial charge in [0, 0.05) is 6.20 Å². The molecule has 2 N–H and O–H groups in total. The zero-order chi connectivity index (χ0) is 9.68. The molecule has 74 valence electrons. The Hall–Kier alpha value is -0.550. The Balaban J connectivity index is 2.47. The molecular formula is C8H16N4S. The number of thioether (sulfide) groups is 1. The van der Waals surface area contributed by atoms with Crippen molar-refractivity contribution in [2.24, 2.45) is 16.1 Å². The smallest absolute Gasteiger partial charge is 0.202 e. The standard InChI is InChI=1S/C8H16N4S/c1-3-4-5-7-6-12(9)8(13-2)11-10-7/h6,8H,3-5,9H2,1-2H3. The van der Waals surface area contributed by atoms with Crippen LogP contribution in [0, 0.1) is 0 Å². The Kier molecular flexibility index (Phi) is 4.24. The van der Waals surface area contributed by atoms with E-state index in [1.807, 2.05) is 12.5 Å². The predicted molar refractivity (Wildman–Crippen MR) is 55.8 cm³/mol. The van der Waals surface area contributed by atoms with E-state index in [9.17, 15) is 0 Å². The number of unbranched alkanes of at least 4 members (excludes halogenated alkanes) is 1. The summed E-state index contributed by atoms with van der Waals surface area (Å²) in [7, 11) is 0. The van der Waals surface area contributed by atoms with Crippen molar-refractivity contribution < 1.29 is 0 Å². The van der Waals surface area contributed by atoms with Crippen LogP contribution in [0.5, 0.6) is 0 Å². The van der Waals surface area contributed by atoms with Crippen molar-refractivity contribution in [3.05, 3.63) is 11.9 Å². The van der Waals surface area contributed by atoms with Crippen LogP contribution in [0.3, 0.4) is 0 Å². The molecule has 1 heterocycles. The van der Waals surface area contributed by atoms with Crippen molar-refractivity contribution >= 4 is 11.8 Å². The highest BCUT2D eigenvalue weighted by Gasteiger charge is 2.14. The normalized spacial score (nSPS) is 21.9. The quantitative estimate of drug-likeness (QED) is 0.708. The highest BCUT2D eigenvalue weighted by atomic mass is 32.2. The molecule has 1 unspecified atom stereocenters. The lowest BCUT2D eigenvalue weighted by Gasteiger charge is -2.23. The number of hydrazine groups is 1. The van der Waals surface area contributed by atoms with E-state index >= 15 is 0 Å². The lowest BCUT2D eigenvalue weighted by Crippen LogP contribution is -2.34. The minimum absolute atomic E-state index is 0.0506. The third kappa shape index (κ3) is 3.00. The van der Waals surface area contributed by atoms with Gasteiger partial charge in [-0.15, -0.1) is 11.8 Å². The van der Waals surface area contributed by atoms with Crippen LogP contribution in [0.1, 0.15) is 26.2 Å². The van der Waals surface area contributed by atoms with Gasteiger partial charge in [-0.3, -0.25) is 5.01 Å². The van der Waals surface area contributed by atoms with Gasteiger partial charge in [-0.25, -0.2) is 5.84 Å². The average Bonchev–Trinajstić information content (AvgIpc) is 2.15. The molecule has 0 aromatic rings. The molecule has 0 aliphatic carbocycles.